The zero-order valence-electron chi connectivity index (χ0n) is 15.5. The molecular weight excluding hydrogens is 394 g/mol. The molecule has 7 heteroatoms. The number of benzene rings is 2. The third-order valence-electron chi connectivity index (χ3n) is 3.77. The van der Waals surface area contributed by atoms with Crippen LogP contribution in [-0.4, -0.2) is 23.5 Å². The van der Waals surface area contributed by atoms with Crippen LogP contribution in [0.15, 0.2) is 54.6 Å². The summed E-state index contributed by atoms with van der Waals surface area (Å²) in [7, 11) is 0. The van der Waals surface area contributed by atoms with Gasteiger partial charge in [-0.05, 0) is 54.5 Å². The molecule has 0 aliphatic heterocycles. The average molecular weight is 416 g/mol. The Kier molecular flexibility index (Phi) is 8.65. The quantitative estimate of drug-likeness (QED) is 0.356. The van der Waals surface area contributed by atoms with E-state index in [1.54, 1.807) is 54.6 Å². The van der Waals surface area contributed by atoms with Gasteiger partial charge < -0.3 is 10.6 Å². The van der Waals surface area contributed by atoms with Crippen molar-refractivity contribution in [2.75, 3.05) is 11.9 Å². The fraction of sp³-hybridized carbons (Fsp3) is 0.190. The summed E-state index contributed by atoms with van der Waals surface area (Å²) < 4.78 is 0. The Morgan fingerprint density at radius 1 is 1.11 bits per heavy atom. The molecule has 0 aromatic heterocycles. The van der Waals surface area contributed by atoms with Crippen LogP contribution in [0.2, 0.25) is 5.02 Å². The normalized spacial score (nSPS) is 10.5. The molecule has 0 aliphatic rings. The Balaban J connectivity index is 1.94. The van der Waals surface area contributed by atoms with E-state index in [-0.39, 0.29) is 16.9 Å². The van der Waals surface area contributed by atoms with Crippen LogP contribution < -0.4 is 16.0 Å². The molecule has 28 heavy (non-hydrogen) atoms. The highest BCUT2D eigenvalue weighted by atomic mass is 35.5. The summed E-state index contributed by atoms with van der Waals surface area (Å²) in [5, 5.41) is 9.08. The highest BCUT2D eigenvalue weighted by Gasteiger charge is 2.11. The molecule has 0 radical (unpaired) electrons. The van der Waals surface area contributed by atoms with Crippen LogP contribution in [0.1, 0.15) is 35.7 Å². The number of anilines is 1. The van der Waals surface area contributed by atoms with Crippen LogP contribution in [0.25, 0.3) is 6.08 Å². The Labute approximate surface area is 175 Å². The Morgan fingerprint density at radius 3 is 2.54 bits per heavy atom. The Morgan fingerprint density at radius 2 is 1.82 bits per heavy atom. The number of para-hydroxylation sites is 1. The zero-order chi connectivity index (χ0) is 20.4. The van der Waals surface area contributed by atoms with Crippen molar-refractivity contribution in [1.29, 1.82) is 0 Å². The third-order valence-corrected chi connectivity index (χ3v) is 4.23. The minimum absolute atomic E-state index is 0.111. The largest absolute Gasteiger partial charge is 0.352 e. The van der Waals surface area contributed by atoms with Gasteiger partial charge in [0, 0.05) is 17.6 Å². The van der Waals surface area contributed by atoms with E-state index in [1.165, 1.54) is 6.08 Å². The third kappa shape index (κ3) is 7.13. The van der Waals surface area contributed by atoms with Crippen LogP contribution in [-0.2, 0) is 4.79 Å². The molecular formula is C21H22ClN3O2S. The molecule has 0 saturated heterocycles. The number of hydrogen-bond acceptors (Lipinski definition) is 3. The highest BCUT2D eigenvalue weighted by molar-refractivity contribution is 7.80. The van der Waals surface area contributed by atoms with Gasteiger partial charge in [-0.25, -0.2) is 0 Å². The van der Waals surface area contributed by atoms with Gasteiger partial charge in [-0.15, -0.1) is 0 Å². The number of carbonyl (C=O) groups excluding carboxylic acids is 2. The summed E-state index contributed by atoms with van der Waals surface area (Å²) in [6.45, 7) is 2.67. The molecule has 0 aliphatic carbocycles. The van der Waals surface area contributed by atoms with Crippen molar-refractivity contribution >= 4 is 52.5 Å². The smallest absolute Gasteiger partial charge is 0.253 e. The topological polar surface area (TPSA) is 70.2 Å². The van der Waals surface area contributed by atoms with Crippen molar-refractivity contribution in [2.24, 2.45) is 0 Å². The van der Waals surface area contributed by atoms with Crippen molar-refractivity contribution in [3.8, 4) is 0 Å². The first-order chi connectivity index (χ1) is 13.5. The zero-order valence-corrected chi connectivity index (χ0v) is 17.1. The second-order valence-electron chi connectivity index (χ2n) is 5.98. The summed E-state index contributed by atoms with van der Waals surface area (Å²) in [4.78, 5) is 24.4. The lowest BCUT2D eigenvalue weighted by molar-refractivity contribution is -0.115. The van der Waals surface area contributed by atoms with Gasteiger partial charge in [-0.3, -0.25) is 14.9 Å². The molecule has 2 rings (SSSR count). The summed E-state index contributed by atoms with van der Waals surface area (Å²) in [5.74, 6) is -0.564. The number of carbonyl (C=O) groups is 2. The summed E-state index contributed by atoms with van der Waals surface area (Å²) in [5.41, 5.74) is 1.84. The second-order valence-corrected chi connectivity index (χ2v) is 6.83. The molecule has 0 fully saturated rings. The maximum absolute atomic E-state index is 12.3. The Bertz CT molecular complexity index is 866. The molecule has 2 aromatic carbocycles. The molecule has 3 N–H and O–H groups in total. The molecule has 0 unspecified atom stereocenters. The lowest BCUT2D eigenvalue weighted by atomic mass is 10.1. The summed E-state index contributed by atoms with van der Waals surface area (Å²) >= 11 is 11.0. The van der Waals surface area contributed by atoms with Crippen LogP contribution in [0, 0.1) is 0 Å². The van der Waals surface area contributed by atoms with E-state index in [4.69, 9.17) is 23.8 Å². The van der Waals surface area contributed by atoms with E-state index >= 15 is 0 Å². The van der Waals surface area contributed by atoms with Gasteiger partial charge >= 0.3 is 0 Å². The van der Waals surface area contributed by atoms with Gasteiger partial charge in [0.2, 0.25) is 5.91 Å². The molecule has 5 nitrogen and oxygen atoms in total. The van der Waals surface area contributed by atoms with Gasteiger partial charge in [0.05, 0.1) is 11.3 Å². The molecule has 0 atom stereocenters. The van der Waals surface area contributed by atoms with Gasteiger partial charge in [0.25, 0.3) is 5.91 Å². The maximum atomic E-state index is 12.3. The van der Waals surface area contributed by atoms with Crippen LogP contribution in [0.4, 0.5) is 5.69 Å². The Hall–Kier alpha value is -2.70. The molecule has 0 spiro atoms. The van der Waals surface area contributed by atoms with E-state index < -0.39 is 0 Å². The van der Waals surface area contributed by atoms with Crippen molar-refractivity contribution in [3.63, 3.8) is 0 Å². The maximum Gasteiger partial charge on any atom is 0.253 e. The van der Waals surface area contributed by atoms with Crippen LogP contribution >= 0.6 is 23.8 Å². The second kappa shape index (κ2) is 11.2. The molecule has 2 aromatic rings. The molecule has 0 saturated carbocycles. The number of thiocarbonyl (C=S) groups is 1. The van der Waals surface area contributed by atoms with Gasteiger partial charge in [-0.2, -0.15) is 0 Å². The standard InChI is InChI=1S/C21H22ClN3O2S/c1-2-3-14-23-20(27)17-6-4-5-7-18(17)24-21(28)25-19(26)13-10-15-8-11-16(22)12-9-15/h4-13H,2-3,14H2,1H3,(H,23,27)(H2,24,25,26,28)/b13-10+. The first kappa shape index (κ1) is 21.6. The van der Waals surface area contributed by atoms with E-state index in [0.29, 0.717) is 22.8 Å². The van der Waals surface area contributed by atoms with Crippen molar-refractivity contribution in [1.82, 2.24) is 10.6 Å². The number of amides is 2. The molecule has 0 bridgehead atoms. The van der Waals surface area contributed by atoms with Crippen molar-refractivity contribution < 1.29 is 9.59 Å². The van der Waals surface area contributed by atoms with Gasteiger partial charge in [-0.1, -0.05) is 49.2 Å². The first-order valence-electron chi connectivity index (χ1n) is 8.92. The van der Waals surface area contributed by atoms with Crippen LogP contribution in [0.3, 0.4) is 0 Å². The SMILES string of the molecule is CCCCNC(=O)c1ccccc1NC(=S)NC(=O)/C=C/c1ccc(Cl)cc1. The number of unbranched alkanes of at least 4 members (excludes halogenated alkanes) is 1. The molecule has 2 amide bonds. The minimum atomic E-state index is -0.377. The lowest BCUT2D eigenvalue weighted by Gasteiger charge is -2.13. The minimum Gasteiger partial charge on any atom is -0.352 e. The fourth-order valence-electron chi connectivity index (χ4n) is 2.32. The summed E-state index contributed by atoms with van der Waals surface area (Å²) in [6.07, 6.45) is 4.94. The van der Waals surface area contributed by atoms with Gasteiger partial charge in [0.1, 0.15) is 0 Å². The number of hydrogen-bond donors (Lipinski definition) is 3. The monoisotopic (exact) mass is 415 g/mol. The van der Waals surface area contributed by atoms with E-state index in [1.807, 2.05) is 0 Å². The van der Waals surface area contributed by atoms with Gasteiger partial charge in [0.15, 0.2) is 5.11 Å². The van der Waals surface area contributed by atoms with Crippen LogP contribution in [0.5, 0.6) is 0 Å². The van der Waals surface area contributed by atoms with E-state index in [9.17, 15) is 9.59 Å². The predicted octanol–water partition coefficient (Wildman–Crippen LogP) is 4.40. The number of nitrogens with one attached hydrogen (secondary N) is 3. The van der Waals surface area contributed by atoms with Crippen molar-refractivity contribution in [3.05, 3.63) is 70.8 Å². The lowest BCUT2D eigenvalue weighted by Crippen LogP contribution is -2.34. The predicted molar refractivity (Wildman–Crippen MR) is 119 cm³/mol. The van der Waals surface area contributed by atoms with E-state index in [2.05, 4.69) is 22.9 Å². The fourth-order valence-corrected chi connectivity index (χ4v) is 2.65. The average Bonchev–Trinajstić information content (AvgIpc) is 2.68. The highest BCUT2D eigenvalue weighted by Crippen LogP contribution is 2.15. The first-order valence-corrected chi connectivity index (χ1v) is 9.71. The molecule has 146 valence electrons. The van der Waals surface area contributed by atoms with Crippen molar-refractivity contribution in [2.45, 2.75) is 19.8 Å². The molecule has 0 heterocycles. The number of halogens is 1. The van der Waals surface area contributed by atoms with E-state index in [0.717, 1.165) is 18.4 Å². The number of rotatable bonds is 7. The summed E-state index contributed by atoms with van der Waals surface area (Å²) in [6, 6.07) is 14.1.